The Kier molecular flexibility index (Phi) is 2.08. The zero-order valence-corrected chi connectivity index (χ0v) is 8.80. The van der Waals surface area contributed by atoms with Gasteiger partial charge >= 0.3 is 0 Å². The molecule has 0 aromatic heterocycles. The van der Waals surface area contributed by atoms with E-state index in [0.717, 1.165) is 12.8 Å². The van der Waals surface area contributed by atoms with Gasteiger partial charge in [0, 0.05) is 25.3 Å². The van der Waals surface area contributed by atoms with Crippen LogP contribution in [0, 0.1) is 5.92 Å². The van der Waals surface area contributed by atoms with Gasteiger partial charge in [0.1, 0.15) is 0 Å². The molecule has 1 amide bonds. The highest BCUT2D eigenvalue weighted by atomic mass is 16.5. The maximum absolute atomic E-state index is 11.5. The molecule has 4 heteroatoms. The molecule has 3 fully saturated rings. The third-order valence-electron chi connectivity index (χ3n) is 3.26. The second kappa shape index (κ2) is 2.94. The van der Waals surface area contributed by atoms with Crippen LogP contribution in [0.3, 0.4) is 0 Å². The maximum atomic E-state index is 11.5. The Bertz CT molecular complexity index is 257. The third kappa shape index (κ3) is 1.33. The van der Waals surface area contributed by atoms with E-state index in [1.165, 1.54) is 0 Å². The second-order valence-electron chi connectivity index (χ2n) is 4.95. The number of nitrogens with one attached hydrogen (secondary N) is 1. The fourth-order valence-electron chi connectivity index (χ4n) is 2.41. The van der Waals surface area contributed by atoms with Crippen LogP contribution >= 0.6 is 0 Å². The van der Waals surface area contributed by atoms with E-state index >= 15 is 0 Å². The predicted octanol–water partition coefficient (Wildman–Crippen LogP) is 0.0189. The molecule has 2 bridgehead atoms. The van der Waals surface area contributed by atoms with Crippen LogP contribution in [0.2, 0.25) is 0 Å². The highest BCUT2D eigenvalue weighted by molar-refractivity contribution is 5.79. The molecular formula is C10H18N2O2. The van der Waals surface area contributed by atoms with E-state index in [1.807, 2.05) is 13.8 Å². The molecule has 80 valence electrons. The van der Waals surface area contributed by atoms with Gasteiger partial charge in [0.2, 0.25) is 5.91 Å². The minimum Gasteiger partial charge on any atom is -0.371 e. The summed E-state index contributed by atoms with van der Waals surface area (Å²) in [7, 11) is 0. The van der Waals surface area contributed by atoms with Crippen molar-refractivity contribution >= 4 is 5.91 Å². The first kappa shape index (κ1) is 9.93. The SMILES string of the molecule is CC(C)C(=O)NC12COC(CN)(C1)C2. The summed E-state index contributed by atoms with van der Waals surface area (Å²) in [5, 5.41) is 3.06. The van der Waals surface area contributed by atoms with E-state index in [0.29, 0.717) is 13.2 Å². The zero-order chi connectivity index (χ0) is 10.4. The molecule has 0 spiro atoms. The average molecular weight is 198 g/mol. The van der Waals surface area contributed by atoms with Crippen LogP contribution in [0.4, 0.5) is 0 Å². The highest BCUT2D eigenvalue weighted by Crippen LogP contribution is 2.50. The minimum absolute atomic E-state index is 0.0397. The van der Waals surface area contributed by atoms with Crippen LogP contribution in [0.25, 0.3) is 0 Å². The van der Waals surface area contributed by atoms with Crippen LogP contribution < -0.4 is 11.1 Å². The number of carbonyl (C=O) groups excluding carboxylic acids is 1. The smallest absolute Gasteiger partial charge is 0.223 e. The van der Waals surface area contributed by atoms with Gasteiger partial charge in [0.15, 0.2) is 0 Å². The number of nitrogens with two attached hydrogens (primary N) is 1. The van der Waals surface area contributed by atoms with E-state index in [1.54, 1.807) is 0 Å². The molecular weight excluding hydrogens is 180 g/mol. The topological polar surface area (TPSA) is 64.3 Å². The van der Waals surface area contributed by atoms with Gasteiger partial charge in [0.05, 0.1) is 17.7 Å². The van der Waals surface area contributed by atoms with Crippen LogP contribution in [0.5, 0.6) is 0 Å². The Balaban J connectivity index is 1.94. The van der Waals surface area contributed by atoms with Crippen molar-refractivity contribution in [2.75, 3.05) is 13.2 Å². The fourth-order valence-corrected chi connectivity index (χ4v) is 2.41. The van der Waals surface area contributed by atoms with Crippen molar-refractivity contribution in [2.45, 2.75) is 37.8 Å². The van der Waals surface area contributed by atoms with Crippen molar-refractivity contribution in [1.82, 2.24) is 5.32 Å². The monoisotopic (exact) mass is 198 g/mol. The Morgan fingerprint density at radius 1 is 1.57 bits per heavy atom. The first-order valence-electron chi connectivity index (χ1n) is 5.17. The molecule has 3 rings (SSSR count). The summed E-state index contributed by atoms with van der Waals surface area (Å²) in [4.78, 5) is 11.5. The Morgan fingerprint density at radius 3 is 2.64 bits per heavy atom. The van der Waals surface area contributed by atoms with Crippen molar-refractivity contribution < 1.29 is 9.53 Å². The van der Waals surface area contributed by atoms with Gasteiger partial charge in [0.25, 0.3) is 0 Å². The molecule has 0 atom stereocenters. The standard InChI is InChI=1S/C10H18N2O2/c1-7(2)8(13)12-9-3-10(4-9,5-11)14-6-9/h7H,3-6,11H2,1-2H3,(H,12,13). The lowest BCUT2D eigenvalue weighted by molar-refractivity contribution is -0.126. The van der Waals surface area contributed by atoms with Crippen LogP contribution in [-0.2, 0) is 9.53 Å². The second-order valence-corrected chi connectivity index (χ2v) is 4.95. The first-order chi connectivity index (χ1) is 6.51. The largest absolute Gasteiger partial charge is 0.371 e. The van der Waals surface area contributed by atoms with Gasteiger partial charge in [-0.15, -0.1) is 0 Å². The van der Waals surface area contributed by atoms with Crippen LogP contribution in [0.1, 0.15) is 26.7 Å². The minimum atomic E-state index is -0.121. The number of ether oxygens (including phenoxy) is 1. The van der Waals surface area contributed by atoms with Crippen molar-refractivity contribution in [3.8, 4) is 0 Å². The van der Waals surface area contributed by atoms with Crippen molar-refractivity contribution in [3.63, 3.8) is 0 Å². The molecule has 0 aromatic carbocycles. The molecule has 3 N–H and O–H groups in total. The van der Waals surface area contributed by atoms with Gasteiger partial charge in [-0.25, -0.2) is 0 Å². The Morgan fingerprint density at radius 2 is 2.21 bits per heavy atom. The van der Waals surface area contributed by atoms with Crippen LogP contribution in [-0.4, -0.2) is 30.2 Å². The fraction of sp³-hybridized carbons (Fsp3) is 0.900. The van der Waals surface area contributed by atoms with Crippen molar-refractivity contribution in [3.05, 3.63) is 0 Å². The number of fused-ring (bicyclic) bond motifs is 1. The van der Waals surface area contributed by atoms with Gasteiger partial charge in [-0.1, -0.05) is 13.8 Å². The Hall–Kier alpha value is -0.610. The number of carbonyl (C=O) groups is 1. The summed E-state index contributed by atoms with van der Waals surface area (Å²) in [6.45, 7) is 4.99. The normalized spacial score (nSPS) is 39.7. The lowest BCUT2D eigenvalue weighted by Crippen LogP contribution is -2.62. The van der Waals surface area contributed by atoms with Gasteiger partial charge in [-0.05, 0) is 0 Å². The molecule has 0 aromatic rings. The summed E-state index contributed by atoms with van der Waals surface area (Å²) < 4.78 is 5.61. The first-order valence-corrected chi connectivity index (χ1v) is 5.17. The number of amides is 1. The van der Waals surface area contributed by atoms with Gasteiger partial charge < -0.3 is 15.8 Å². The lowest BCUT2D eigenvalue weighted by Gasteiger charge is -2.44. The summed E-state index contributed by atoms with van der Waals surface area (Å²) in [6, 6.07) is 0. The molecule has 4 nitrogen and oxygen atoms in total. The summed E-state index contributed by atoms with van der Waals surface area (Å²) in [5.74, 6) is 0.152. The predicted molar refractivity (Wildman–Crippen MR) is 52.7 cm³/mol. The molecule has 1 saturated carbocycles. The molecule has 0 radical (unpaired) electrons. The van der Waals surface area contributed by atoms with E-state index in [-0.39, 0.29) is 23.0 Å². The quantitative estimate of drug-likeness (QED) is 0.672. The molecule has 14 heavy (non-hydrogen) atoms. The molecule has 2 aliphatic heterocycles. The van der Waals surface area contributed by atoms with Gasteiger partial charge in [-0.3, -0.25) is 4.79 Å². The maximum Gasteiger partial charge on any atom is 0.223 e. The third-order valence-corrected chi connectivity index (χ3v) is 3.26. The summed E-state index contributed by atoms with van der Waals surface area (Å²) in [6.07, 6.45) is 1.77. The molecule has 2 saturated heterocycles. The molecule has 2 heterocycles. The number of hydrogen-bond donors (Lipinski definition) is 2. The van der Waals surface area contributed by atoms with E-state index in [4.69, 9.17) is 10.5 Å². The van der Waals surface area contributed by atoms with Crippen LogP contribution in [0.15, 0.2) is 0 Å². The van der Waals surface area contributed by atoms with E-state index < -0.39 is 0 Å². The lowest BCUT2D eigenvalue weighted by atomic mass is 9.68. The van der Waals surface area contributed by atoms with Crippen molar-refractivity contribution in [2.24, 2.45) is 11.7 Å². The van der Waals surface area contributed by atoms with Crippen molar-refractivity contribution in [1.29, 1.82) is 0 Å². The Labute approximate surface area is 84.2 Å². The average Bonchev–Trinajstić information content (AvgIpc) is 2.59. The van der Waals surface area contributed by atoms with Gasteiger partial charge in [-0.2, -0.15) is 0 Å². The van der Waals surface area contributed by atoms with E-state index in [2.05, 4.69) is 5.32 Å². The zero-order valence-electron chi connectivity index (χ0n) is 8.80. The summed E-state index contributed by atoms with van der Waals surface area (Å²) in [5.41, 5.74) is 5.40. The number of rotatable bonds is 3. The summed E-state index contributed by atoms with van der Waals surface area (Å²) >= 11 is 0. The molecule has 0 unspecified atom stereocenters. The molecule has 1 aliphatic carbocycles. The van der Waals surface area contributed by atoms with E-state index in [9.17, 15) is 4.79 Å². The molecule has 3 aliphatic rings. The highest BCUT2D eigenvalue weighted by Gasteiger charge is 2.62. The number of hydrogen-bond acceptors (Lipinski definition) is 3.